The molecule has 4 N–H and O–H groups in total. The van der Waals surface area contributed by atoms with Gasteiger partial charge in [-0.15, -0.1) is 0 Å². The van der Waals surface area contributed by atoms with Crippen LogP contribution in [0.15, 0.2) is 46.9 Å². The minimum absolute atomic E-state index is 0.168. The molecule has 146 valence electrons. The van der Waals surface area contributed by atoms with Crippen molar-refractivity contribution in [3.63, 3.8) is 0 Å². The van der Waals surface area contributed by atoms with Crippen molar-refractivity contribution in [2.75, 3.05) is 12.0 Å². The van der Waals surface area contributed by atoms with Crippen molar-refractivity contribution >= 4 is 23.6 Å². The minimum Gasteiger partial charge on any atom is -0.465 e. The number of anilines is 1. The van der Waals surface area contributed by atoms with Gasteiger partial charge in [0.1, 0.15) is 5.66 Å². The summed E-state index contributed by atoms with van der Waals surface area (Å²) in [6, 6.07) is 5.44. The molecule has 1 aromatic carbocycles. The largest absolute Gasteiger partial charge is 0.465 e. The van der Waals surface area contributed by atoms with Gasteiger partial charge in [0, 0.05) is 18.1 Å². The number of aliphatic imine (C=N–C) groups is 2. The van der Waals surface area contributed by atoms with Crippen molar-refractivity contribution in [2.45, 2.75) is 37.8 Å². The summed E-state index contributed by atoms with van der Waals surface area (Å²) >= 11 is 0. The standard InChI is InChI=1S/C19H23N7O2/c1-28-16(27)14-6-5-13(25-10-9-22-12-25)11-15(14)26-18(21)23-17(20)24-19(26)7-3-2-4-8-19/h5-6,9-12H,2-4,7-8H2,1H3,(H4,20,21,23,24). The number of guanidine groups is 2. The third kappa shape index (κ3) is 2.98. The molecular weight excluding hydrogens is 358 g/mol. The molecule has 2 heterocycles. The highest BCUT2D eigenvalue weighted by molar-refractivity contribution is 6.09. The smallest absolute Gasteiger partial charge is 0.339 e. The van der Waals surface area contributed by atoms with Gasteiger partial charge < -0.3 is 20.8 Å². The van der Waals surface area contributed by atoms with Crippen LogP contribution in [-0.2, 0) is 4.74 Å². The first-order valence-corrected chi connectivity index (χ1v) is 9.24. The molecule has 0 radical (unpaired) electrons. The lowest BCUT2D eigenvalue weighted by molar-refractivity contribution is 0.0601. The monoisotopic (exact) mass is 381 g/mol. The van der Waals surface area contributed by atoms with Crippen LogP contribution in [0.3, 0.4) is 0 Å². The second-order valence-corrected chi connectivity index (χ2v) is 6.98. The van der Waals surface area contributed by atoms with Gasteiger partial charge in [0.05, 0.1) is 24.7 Å². The first-order valence-electron chi connectivity index (χ1n) is 9.24. The van der Waals surface area contributed by atoms with Crippen LogP contribution >= 0.6 is 0 Å². The molecule has 0 bridgehead atoms. The van der Waals surface area contributed by atoms with Crippen LogP contribution in [0.25, 0.3) is 5.69 Å². The van der Waals surface area contributed by atoms with Gasteiger partial charge in [0.15, 0.2) is 0 Å². The number of hydrogen-bond donors (Lipinski definition) is 2. The van der Waals surface area contributed by atoms with Crippen molar-refractivity contribution in [1.82, 2.24) is 9.55 Å². The number of benzene rings is 1. The van der Waals surface area contributed by atoms with Crippen LogP contribution in [0.4, 0.5) is 5.69 Å². The molecule has 1 fully saturated rings. The van der Waals surface area contributed by atoms with Crippen LogP contribution in [0, 0.1) is 0 Å². The summed E-state index contributed by atoms with van der Waals surface area (Å²) in [6.45, 7) is 0. The molecule has 2 aliphatic rings. The zero-order valence-electron chi connectivity index (χ0n) is 15.7. The predicted octanol–water partition coefficient (Wildman–Crippen LogP) is 1.77. The van der Waals surface area contributed by atoms with Gasteiger partial charge in [-0.3, -0.25) is 4.90 Å². The van der Waals surface area contributed by atoms with Crippen LogP contribution in [0.2, 0.25) is 0 Å². The summed E-state index contributed by atoms with van der Waals surface area (Å²) in [5.41, 5.74) is 13.5. The highest BCUT2D eigenvalue weighted by Gasteiger charge is 2.44. The van der Waals surface area contributed by atoms with E-state index >= 15 is 0 Å². The van der Waals surface area contributed by atoms with E-state index in [4.69, 9.17) is 16.2 Å². The minimum atomic E-state index is -0.648. The van der Waals surface area contributed by atoms with E-state index in [1.165, 1.54) is 7.11 Å². The molecule has 4 rings (SSSR count). The summed E-state index contributed by atoms with van der Waals surface area (Å²) in [7, 11) is 1.36. The second-order valence-electron chi connectivity index (χ2n) is 6.98. The molecule has 0 amide bonds. The Balaban J connectivity index is 1.90. The van der Waals surface area contributed by atoms with Crippen LogP contribution in [0.5, 0.6) is 0 Å². The number of methoxy groups -OCH3 is 1. The summed E-state index contributed by atoms with van der Waals surface area (Å²) in [5.74, 6) is -0.0585. The Morgan fingerprint density at radius 2 is 2.00 bits per heavy atom. The average Bonchev–Trinajstić information content (AvgIpc) is 3.22. The molecular formula is C19H23N7O2. The summed E-state index contributed by atoms with van der Waals surface area (Å²) in [5, 5.41) is 0. The summed E-state index contributed by atoms with van der Waals surface area (Å²) in [4.78, 5) is 27.3. The summed E-state index contributed by atoms with van der Waals surface area (Å²) in [6.07, 6.45) is 9.89. The number of imidazole rings is 1. The quantitative estimate of drug-likeness (QED) is 0.781. The molecule has 1 aliphatic heterocycles. The molecule has 28 heavy (non-hydrogen) atoms. The maximum atomic E-state index is 12.5. The van der Waals surface area contributed by atoms with Crippen molar-refractivity contribution < 1.29 is 9.53 Å². The SMILES string of the molecule is COC(=O)c1ccc(-n2ccnc2)cc1N1C(N)=NC(N)=NC12CCCCC2. The van der Waals surface area contributed by atoms with Crippen LogP contribution in [-0.4, -0.2) is 40.2 Å². The lowest BCUT2D eigenvalue weighted by Gasteiger charge is -2.46. The van der Waals surface area contributed by atoms with Gasteiger partial charge in [-0.2, -0.15) is 4.99 Å². The Morgan fingerprint density at radius 1 is 1.21 bits per heavy atom. The number of nitrogens with two attached hydrogens (primary N) is 2. The highest BCUT2D eigenvalue weighted by Crippen LogP contribution is 2.41. The molecule has 0 atom stereocenters. The van der Waals surface area contributed by atoms with E-state index in [1.54, 1.807) is 18.6 Å². The zero-order chi connectivity index (χ0) is 19.7. The fraction of sp³-hybridized carbons (Fsp3) is 0.368. The van der Waals surface area contributed by atoms with E-state index in [0.717, 1.165) is 37.8 Å². The third-order valence-corrected chi connectivity index (χ3v) is 5.28. The fourth-order valence-electron chi connectivity index (χ4n) is 4.03. The topological polar surface area (TPSA) is 124 Å². The number of esters is 1. The van der Waals surface area contributed by atoms with Crippen molar-refractivity contribution in [2.24, 2.45) is 21.5 Å². The molecule has 1 aromatic heterocycles. The van der Waals surface area contributed by atoms with Crippen LogP contribution in [0.1, 0.15) is 42.5 Å². The number of nitrogens with zero attached hydrogens (tertiary/aromatic N) is 5. The molecule has 0 saturated heterocycles. The van der Waals surface area contributed by atoms with Gasteiger partial charge in [-0.05, 0) is 43.9 Å². The Bertz CT molecular complexity index is 943. The van der Waals surface area contributed by atoms with E-state index in [0.29, 0.717) is 11.3 Å². The second kappa shape index (κ2) is 6.99. The van der Waals surface area contributed by atoms with Crippen molar-refractivity contribution in [3.8, 4) is 5.69 Å². The zero-order valence-corrected chi connectivity index (χ0v) is 15.7. The molecule has 0 unspecified atom stereocenters. The molecule has 1 saturated carbocycles. The third-order valence-electron chi connectivity index (χ3n) is 5.28. The van der Waals surface area contributed by atoms with E-state index < -0.39 is 11.6 Å². The number of rotatable bonds is 3. The number of hydrogen-bond acceptors (Lipinski definition) is 8. The van der Waals surface area contributed by atoms with E-state index in [-0.39, 0.29) is 11.9 Å². The fourth-order valence-corrected chi connectivity index (χ4v) is 4.03. The predicted molar refractivity (Wildman–Crippen MR) is 106 cm³/mol. The average molecular weight is 381 g/mol. The highest BCUT2D eigenvalue weighted by atomic mass is 16.5. The number of carbonyl (C=O) groups excluding carboxylic acids is 1. The van der Waals surface area contributed by atoms with E-state index in [9.17, 15) is 4.79 Å². The Labute approximate surface area is 162 Å². The molecule has 1 aliphatic carbocycles. The first kappa shape index (κ1) is 18.0. The molecule has 9 heteroatoms. The van der Waals surface area contributed by atoms with Crippen molar-refractivity contribution in [1.29, 1.82) is 0 Å². The van der Waals surface area contributed by atoms with Gasteiger partial charge in [-0.1, -0.05) is 6.42 Å². The van der Waals surface area contributed by atoms with Crippen molar-refractivity contribution in [3.05, 3.63) is 42.5 Å². The maximum absolute atomic E-state index is 12.5. The van der Waals surface area contributed by atoms with E-state index in [1.807, 2.05) is 27.8 Å². The van der Waals surface area contributed by atoms with Gasteiger partial charge in [0.2, 0.25) is 11.9 Å². The Morgan fingerprint density at radius 3 is 2.68 bits per heavy atom. The normalized spacial score (nSPS) is 18.5. The maximum Gasteiger partial charge on any atom is 0.339 e. The van der Waals surface area contributed by atoms with Gasteiger partial charge >= 0.3 is 5.97 Å². The van der Waals surface area contributed by atoms with Gasteiger partial charge in [0.25, 0.3) is 0 Å². The van der Waals surface area contributed by atoms with Gasteiger partial charge in [-0.25, -0.2) is 14.8 Å². The van der Waals surface area contributed by atoms with E-state index in [2.05, 4.69) is 15.0 Å². The summed E-state index contributed by atoms with van der Waals surface area (Å²) < 4.78 is 6.86. The molecule has 1 spiro atoms. The lowest BCUT2D eigenvalue weighted by Crippen LogP contribution is -2.58. The molecule has 9 nitrogen and oxygen atoms in total. The number of carbonyl (C=O) groups is 1. The Kier molecular flexibility index (Phi) is 4.50. The Hall–Kier alpha value is -3.36. The number of ether oxygens (including phenoxy) is 1. The molecule has 2 aromatic rings. The lowest BCUT2D eigenvalue weighted by atomic mass is 9.87. The van der Waals surface area contributed by atoms with Crippen LogP contribution < -0.4 is 16.4 Å². The number of aromatic nitrogens is 2. The first-order chi connectivity index (χ1) is 13.5.